The highest BCUT2D eigenvalue weighted by molar-refractivity contribution is 5.36. The average Bonchev–Trinajstić information content (AvgIpc) is 2.75. The quantitative estimate of drug-likeness (QED) is 0.342. The van der Waals surface area contributed by atoms with Crippen LogP contribution in [0.15, 0.2) is 48.5 Å². The summed E-state index contributed by atoms with van der Waals surface area (Å²) in [6.07, 6.45) is 5.94. The molecule has 160 valence electrons. The highest BCUT2D eigenvalue weighted by atomic mass is 16.5. The van der Waals surface area contributed by atoms with Gasteiger partial charge in [-0.25, -0.2) is 0 Å². The lowest BCUT2D eigenvalue weighted by Crippen LogP contribution is -2.22. The van der Waals surface area contributed by atoms with Crippen molar-refractivity contribution in [3.05, 3.63) is 65.2 Å². The van der Waals surface area contributed by atoms with E-state index in [1.165, 1.54) is 11.6 Å². The van der Waals surface area contributed by atoms with Crippen molar-refractivity contribution in [2.75, 3.05) is 26.3 Å². The van der Waals surface area contributed by atoms with Gasteiger partial charge in [0, 0.05) is 25.3 Å². The summed E-state index contributed by atoms with van der Waals surface area (Å²) in [4.78, 5) is 0. The maximum atomic E-state index is 10.2. The fraction of sp³-hybridized carbons (Fsp3) is 0.500. The van der Waals surface area contributed by atoms with E-state index in [1.807, 2.05) is 6.07 Å². The third kappa shape index (κ3) is 9.41. The summed E-state index contributed by atoms with van der Waals surface area (Å²) >= 11 is 0. The molecule has 4 N–H and O–H groups in total. The second kappa shape index (κ2) is 14.1. The fourth-order valence-corrected chi connectivity index (χ4v) is 3.23. The zero-order valence-electron chi connectivity index (χ0n) is 17.2. The van der Waals surface area contributed by atoms with Gasteiger partial charge in [-0.2, -0.15) is 0 Å². The number of rotatable bonds is 15. The van der Waals surface area contributed by atoms with E-state index in [0.717, 1.165) is 58.3 Å². The number of aliphatic hydroxyl groups excluding tert-OH is 2. The van der Waals surface area contributed by atoms with Crippen LogP contribution in [0.4, 0.5) is 0 Å². The van der Waals surface area contributed by atoms with Gasteiger partial charge in [-0.05, 0) is 55.5 Å². The lowest BCUT2D eigenvalue weighted by Gasteiger charge is -2.14. The van der Waals surface area contributed by atoms with Crippen LogP contribution in [0.2, 0.25) is 0 Å². The molecular weight excluding hydrogens is 366 g/mol. The Bertz CT molecular complexity index is 678. The number of aliphatic hydroxyl groups is 2. The van der Waals surface area contributed by atoms with Crippen molar-refractivity contribution in [2.45, 2.75) is 51.2 Å². The van der Waals surface area contributed by atoms with Crippen molar-refractivity contribution >= 4 is 0 Å². The third-order valence-corrected chi connectivity index (χ3v) is 4.99. The molecule has 5 nitrogen and oxygen atoms in total. The van der Waals surface area contributed by atoms with Gasteiger partial charge in [0.05, 0.1) is 12.7 Å². The summed E-state index contributed by atoms with van der Waals surface area (Å²) in [5.74, 6) is 0.0524. The van der Waals surface area contributed by atoms with E-state index >= 15 is 0 Å². The molecule has 0 amide bonds. The molecule has 2 aromatic carbocycles. The number of aryl methyl sites for hydroxylation is 1. The predicted molar refractivity (Wildman–Crippen MR) is 116 cm³/mol. The van der Waals surface area contributed by atoms with E-state index in [0.29, 0.717) is 17.7 Å². The zero-order valence-corrected chi connectivity index (χ0v) is 17.2. The maximum absolute atomic E-state index is 10.2. The molecule has 2 rings (SSSR count). The van der Waals surface area contributed by atoms with Crippen LogP contribution in [0.25, 0.3) is 0 Å². The summed E-state index contributed by atoms with van der Waals surface area (Å²) in [6.45, 7) is 2.73. The van der Waals surface area contributed by atoms with Gasteiger partial charge in [-0.3, -0.25) is 0 Å². The van der Waals surface area contributed by atoms with Crippen LogP contribution in [0, 0.1) is 0 Å². The van der Waals surface area contributed by atoms with Crippen molar-refractivity contribution < 1.29 is 20.1 Å². The van der Waals surface area contributed by atoms with Gasteiger partial charge in [0.25, 0.3) is 0 Å². The molecular formula is C24H35NO4. The fourth-order valence-electron chi connectivity index (χ4n) is 3.23. The number of benzene rings is 2. The molecule has 29 heavy (non-hydrogen) atoms. The number of hydrogen-bond acceptors (Lipinski definition) is 5. The topological polar surface area (TPSA) is 82.0 Å². The molecule has 0 aliphatic carbocycles. The number of nitrogens with one attached hydrogen (secondary N) is 1. The Labute approximate surface area is 174 Å². The van der Waals surface area contributed by atoms with Crippen LogP contribution in [0.3, 0.4) is 0 Å². The van der Waals surface area contributed by atoms with Crippen LogP contribution in [0.1, 0.15) is 54.9 Å². The SMILES string of the molecule is OCc1cc(C(O)CNCCCCCCOCCCc2ccccc2)ccc1O. The van der Waals surface area contributed by atoms with Crippen LogP contribution < -0.4 is 5.32 Å². The molecule has 0 heterocycles. The van der Waals surface area contributed by atoms with Gasteiger partial charge in [0.15, 0.2) is 0 Å². The molecule has 1 atom stereocenters. The number of phenols is 1. The van der Waals surface area contributed by atoms with Gasteiger partial charge in [-0.15, -0.1) is 0 Å². The Balaban J connectivity index is 1.41. The Morgan fingerprint density at radius 3 is 2.45 bits per heavy atom. The first kappa shape index (κ1) is 23.4. The monoisotopic (exact) mass is 401 g/mol. The second-order valence-corrected chi connectivity index (χ2v) is 7.38. The molecule has 0 aromatic heterocycles. The summed E-state index contributed by atoms with van der Waals surface area (Å²) in [7, 11) is 0. The van der Waals surface area contributed by atoms with Crippen LogP contribution in [0.5, 0.6) is 5.75 Å². The van der Waals surface area contributed by atoms with Crippen molar-refractivity contribution in [2.24, 2.45) is 0 Å². The first-order valence-electron chi connectivity index (χ1n) is 10.6. The number of aromatic hydroxyl groups is 1. The van der Waals surface area contributed by atoms with Crippen molar-refractivity contribution in [1.29, 1.82) is 0 Å². The van der Waals surface area contributed by atoms with Gasteiger partial charge in [-0.1, -0.05) is 49.2 Å². The van der Waals surface area contributed by atoms with E-state index in [9.17, 15) is 15.3 Å². The lowest BCUT2D eigenvalue weighted by atomic mass is 10.1. The van der Waals surface area contributed by atoms with E-state index in [2.05, 4.69) is 29.6 Å². The number of hydrogen-bond donors (Lipinski definition) is 4. The van der Waals surface area contributed by atoms with Gasteiger partial charge >= 0.3 is 0 Å². The zero-order chi connectivity index (χ0) is 20.7. The van der Waals surface area contributed by atoms with E-state index in [4.69, 9.17) is 4.74 Å². The van der Waals surface area contributed by atoms with E-state index < -0.39 is 6.10 Å². The molecule has 0 aliphatic heterocycles. The van der Waals surface area contributed by atoms with Crippen molar-refractivity contribution in [1.82, 2.24) is 5.32 Å². The molecule has 1 unspecified atom stereocenters. The van der Waals surface area contributed by atoms with Crippen LogP contribution in [-0.4, -0.2) is 41.6 Å². The largest absolute Gasteiger partial charge is 0.508 e. The number of ether oxygens (including phenoxy) is 1. The third-order valence-electron chi connectivity index (χ3n) is 4.99. The molecule has 0 aliphatic rings. The highest BCUT2D eigenvalue weighted by Crippen LogP contribution is 2.22. The molecule has 0 spiro atoms. The normalized spacial score (nSPS) is 12.2. The van der Waals surface area contributed by atoms with Crippen molar-refractivity contribution in [3.63, 3.8) is 0 Å². The molecule has 5 heteroatoms. The minimum atomic E-state index is -0.648. The summed E-state index contributed by atoms with van der Waals surface area (Å²) in [5.41, 5.74) is 2.50. The molecule has 0 saturated carbocycles. The van der Waals surface area contributed by atoms with E-state index in [-0.39, 0.29) is 12.4 Å². The van der Waals surface area contributed by atoms with Gasteiger partial charge in [0.1, 0.15) is 5.75 Å². The van der Waals surface area contributed by atoms with Crippen LogP contribution >= 0.6 is 0 Å². The second-order valence-electron chi connectivity index (χ2n) is 7.38. The molecule has 2 aromatic rings. The Hall–Kier alpha value is -1.92. The Morgan fingerprint density at radius 2 is 1.66 bits per heavy atom. The predicted octanol–water partition coefficient (Wildman–Crippen LogP) is 3.72. The summed E-state index contributed by atoms with van der Waals surface area (Å²) < 4.78 is 5.71. The summed E-state index contributed by atoms with van der Waals surface area (Å²) in [5, 5.41) is 32.2. The maximum Gasteiger partial charge on any atom is 0.121 e. The van der Waals surface area contributed by atoms with Gasteiger partial charge in [0.2, 0.25) is 0 Å². The minimum absolute atomic E-state index is 0.0524. The highest BCUT2D eigenvalue weighted by Gasteiger charge is 2.09. The van der Waals surface area contributed by atoms with Crippen LogP contribution in [-0.2, 0) is 17.8 Å². The summed E-state index contributed by atoms with van der Waals surface area (Å²) in [6, 6.07) is 15.3. The van der Waals surface area contributed by atoms with Crippen molar-refractivity contribution in [3.8, 4) is 5.75 Å². The molecule has 0 radical (unpaired) electrons. The minimum Gasteiger partial charge on any atom is -0.508 e. The first-order valence-corrected chi connectivity index (χ1v) is 10.6. The molecule has 0 saturated heterocycles. The number of unbranched alkanes of at least 4 members (excludes halogenated alkanes) is 3. The first-order chi connectivity index (χ1) is 14.2. The smallest absolute Gasteiger partial charge is 0.121 e. The molecule has 0 bridgehead atoms. The molecule has 0 fully saturated rings. The van der Waals surface area contributed by atoms with E-state index in [1.54, 1.807) is 12.1 Å². The Morgan fingerprint density at radius 1 is 0.897 bits per heavy atom. The standard InChI is InChI=1S/C24H35NO4/c26-19-22-17-21(12-13-23(22)27)24(28)18-25-14-6-1-2-7-15-29-16-8-11-20-9-4-3-5-10-20/h3-5,9-10,12-13,17,24-28H,1-2,6-8,11,14-16,18-19H2. The average molecular weight is 402 g/mol. The lowest BCUT2D eigenvalue weighted by molar-refractivity contribution is 0.127. The Kier molecular flexibility index (Phi) is 11.4. The van der Waals surface area contributed by atoms with Gasteiger partial charge < -0.3 is 25.4 Å².